The molecule has 0 fully saturated rings. The molecule has 0 spiro atoms. The summed E-state index contributed by atoms with van der Waals surface area (Å²) in [4.78, 5) is 12.9. The van der Waals surface area contributed by atoms with E-state index in [0.717, 1.165) is 33.9 Å². The van der Waals surface area contributed by atoms with Crippen molar-refractivity contribution in [3.63, 3.8) is 0 Å². The minimum absolute atomic E-state index is 0.143. The molecule has 8 heteroatoms. The summed E-state index contributed by atoms with van der Waals surface area (Å²) in [6.45, 7) is 10.4. The number of benzene rings is 2. The smallest absolute Gasteiger partial charge is 0.236 e. The number of carbonyl (C=O) groups is 1. The minimum atomic E-state index is -0.143. The van der Waals surface area contributed by atoms with Gasteiger partial charge in [0.1, 0.15) is 11.6 Å². The first-order chi connectivity index (χ1) is 16.0. The number of nitrogens with one attached hydrogen (secondary N) is 1. The third kappa shape index (κ3) is 5.06. The van der Waals surface area contributed by atoms with Crippen LogP contribution >= 0.6 is 11.8 Å². The predicted octanol–water partition coefficient (Wildman–Crippen LogP) is 4.97. The highest BCUT2D eigenvalue weighted by molar-refractivity contribution is 7.99. The zero-order valence-corrected chi connectivity index (χ0v) is 19.8. The molecular weight excluding hydrogens is 432 g/mol. The zero-order chi connectivity index (χ0) is 23.4. The minimum Gasteiger partial charge on any atom is -0.310 e. The molecule has 1 amide bonds. The number of anilines is 1. The third-order valence-corrected chi connectivity index (χ3v) is 6.16. The molecule has 2 aromatic carbocycles. The first-order valence-corrected chi connectivity index (χ1v) is 11.6. The van der Waals surface area contributed by atoms with Gasteiger partial charge in [-0.3, -0.25) is 4.79 Å². The quantitative estimate of drug-likeness (QED) is 0.298. The van der Waals surface area contributed by atoms with Gasteiger partial charge in [0.05, 0.1) is 17.1 Å². The average Bonchev–Trinajstić information content (AvgIpc) is 3.38. The molecule has 168 valence electrons. The van der Waals surface area contributed by atoms with E-state index >= 15 is 0 Å². The number of carbonyl (C=O) groups excluding carboxylic acids is 1. The maximum atomic E-state index is 12.9. The van der Waals surface area contributed by atoms with Crippen molar-refractivity contribution in [2.45, 2.75) is 32.5 Å². The lowest BCUT2D eigenvalue weighted by Gasteiger charge is -2.09. The second-order valence-corrected chi connectivity index (χ2v) is 8.69. The van der Waals surface area contributed by atoms with Crippen LogP contribution in [0, 0.1) is 20.8 Å². The molecule has 0 aliphatic heterocycles. The highest BCUT2D eigenvalue weighted by Crippen LogP contribution is 2.28. The predicted molar refractivity (Wildman–Crippen MR) is 133 cm³/mol. The van der Waals surface area contributed by atoms with Gasteiger partial charge in [0.2, 0.25) is 5.91 Å². The maximum absolute atomic E-state index is 12.9. The van der Waals surface area contributed by atoms with Crippen LogP contribution in [-0.2, 0) is 11.3 Å². The monoisotopic (exact) mass is 458 g/mol. The molecule has 2 aromatic heterocycles. The van der Waals surface area contributed by atoms with E-state index in [2.05, 4.69) is 54.1 Å². The number of para-hydroxylation sites is 1. The molecule has 1 N–H and O–H groups in total. The molecular formula is C25H26N6OS. The summed E-state index contributed by atoms with van der Waals surface area (Å²) in [5, 5.41) is 16.8. The Kier molecular flexibility index (Phi) is 6.74. The molecule has 0 saturated heterocycles. The Balaban J connectivity index is 1.60. The van der Waals surface area contributed by atoms with Crippen molar-refractivity contribution in [3.8, 4) is 16.9 Å². The lowest BCUT2D eigenvalue weighted by Crippen LogP contribution is -2.17. The van der Waals surface area contributed by atoms with E-state index in [-0.39, 0.29) is 11.7 Å². The van der Waals surface area contributed by atoms with E-state index in [4.69, 9.17) is 5.10 Å². The van der Waals surface area contributed by atoms with Gasteiger partial charge in [-0.1, -0.05) is 53.7 Å². The van der Waals surface area contributed by atoms with Crippen LogP contribution in [0.4, 0.5) is 5.82 Å². The molecule has 4 aromatic rings. The van der Waals surface area contributed by atoms with Crippen LogP contribution in [0.3, 0.4) is 0 Å². The largest absolute Gasteiger partial charge is 0.310 e. The normalized spacial score (nSPS) is 10.9. The topological polar surface area (TPSA) is 77.6 Å². The van der Waals surface area contributed by atoms with Crippen molar-refractivity contribution in [1.82, 2.24) is 24.5 Å². The molecule has 0 aliphatic carbocycles. The molecule has 33 heavy (non-hydrogen) atoms. The van der Waals surface area contributed by atoms with Crippen LogP contribution in [0.5, 0.6) is 0 Å². The highest BCUT2D eigenvalue weighted by atomic mass is 32.2. The fourth-order valence-corrected chi connectivity index (χ4v) is 4.29. The summed E-state index contributed by atoms with van der Waals surface area (Å²) in [6, 6.07) is 18.0. The lowest BCUT2D eigenvalue weighted by atomic mass is 10.0. The molecule has 2 heterocycles. The number of hydrogen-bond acceptors (Lipinski definition) is 5. The van der Waals surface area contributed by atoms with E-state index in [0.29, 0.717) is 17.5 Å². The summed E-state index contributed by atoms with van der Waals surface area (Å²) in [5.41, 5.74) is 5.01. The summed E-state index contributed by atoms with van der Waals surface area (Å²) in [6.07, 6.45) is 1.79. The second-order valence-electron chi connectivity index (χ2n) is 7.75. The Morgan fingerprint density at radius 1 is 1.09 bits per heavy atom. The van der Waals surface area contributed by atoms with Gasteiger partial charge >= 0.3 is 0 Å². The van der Waals surface area contributed by atoms with Crippen LogP contribution in [0.15, 0.2) is 72.4 Å². The first kappa shape index (κ1) is 22.5. The van der Waals surface area contributed by atoms with E-state index < -0.39 is 0 Å². The van der Waals surface area contributed by atoms with Crippen LogP contribution in [-0.4, -0.2) is 36.2 Å². The number of hydrogen-bond donors (Lipinski definition) is 1. The Bertz CT molecular complexity index is 1290. The van der Waals surface area contributed by atoms with E-state index in [1.54, 1.807) is 10.8 Å². The van der Waals surface area contributed by atoms with Crippen LogP contribution in [0.2, 0.25) is 0 Å². The molecule has 0 radical (unpaired) electrons. The zero-order valence-electron chi connectivity index (χ0n) is 18.9. The summed E-state index contributed by atoms with van der Waals surface area (Å²) >= 11 is 1.34. The number of allylic oxidation sites excluding steroid dienone is 1. The van der Waals surface area contributed by atoms with Crippen molar-refractivity contribution >= 4 is 23.5 Å². The number of thioether (sulfide) groups is 1. The fraction of sp³-hybridized carbons (Fsp3) is 0.200. The van der Waals surface area contributed by atoms with Gasteiger partial charge in [0.25, 0.3) is 0 Å². The summed E-state index contributed by atoms with van der Waals surface area (Å²) in [7, 11) is 0. The SMILES string of the molecule is C=CCn1c(C)nnc1SCC(=O)Nc1cc(-c2cc(C)ccc2C)nn1-c1ccccc1. The Labute approximate surface area is 197 Å². The molecule has 0 saturated carbocycles. The standard InChI is InChI=1S/C25H26N6OS/c1-5-13-30-19(4)27-28-25(30)33-16-24(32)26-23-15-22(21-14-17(2)11-12-18(21)3)29-31(23)20-9-7-6-8-10-20/h5-12,14-15H,1,13,16H2,2-4H3,(H,26,32). The summed E-state index contributed by atoms with van der Waals surface area (Å²) < 4.78 is 3.70. The Hall–Kier alpha value is -3.65. The van der Waals surface area contributed by atoms with Crippen molar-refractivity contribution in [2.75, 3.05) is 11.1 Å². The number of rotatable bonds is 8. The van der Waals surface area contributed by atoms with Gasteiger partial charge in [0.15, 0.2) is 5.16 Å². The maximum Gasteiger partial charge on any atom is 0.236 e. The van der Waals surface area contributed by atoms with Crippen molar-refractivity contribution in [2.24, 2.45) is 0 Å². The Morgan fingerprint density at radius 3 is 2.64 bits per heavy atom. The number of nitrogens with zero attached hydrogens (tertiary/aromatic N) is 5. The van der Waals surface area contributed by atoms with Gasteiger partial charge in [-0.15, -0.1) is 16.8 Å². The van der Waals surface area contributed by atoms with Crippen LogP contribution in [0.1, 0.15) is 17.0 Å². The average molecular weight is 459 g/mol. The van der Waals surface area contributed by atoms with Crippen molar-refractivity contribution < 1.29 is 4.79 Å². The van der Waals surface area contributed by atoms with Crippen LogP contribution in [0.25, 0.3) is 16.9 Å². The number of amides is 1. The molecule has 0 atom stereocenters. The number of aryl methyl sites for hydroxylation is 3. The van der Waals surface area contributed by atoms with Gasteiger partial charge in [-0.05, 0) is 44.5 Å². The number of aromatic nitrogens is 5. The Morgan fingerprint density at radius 2 is 1.88 bits per heavy atom. The molecule has 0 unspecified atom stereocenters. The summed E-state index contributed by atoms with van der Waals surface area (Å²) in [5.74, 6) is 1.47. The van der Waals surface area contributed by atoms with Gasteiger partial charge in [0, 0.05) is 18.2 Å². The lowest BCUT2D eigenvalue weighted by molar-refractivity contribution is -0.113. The molecule has 7 nitrogen and oxygen atoms in total. The van der Waals surface area contributed by atoms with Crippen molar-refractivity contribution in [1.29, 1.82) is 0 Å². The molecule has 0 bridgehead atoms. The second kappa shape index (κ2) is 9.87. The van der Waals surface area contributed by atoms with Gasteiger partial charge in [-0.2, -0.15) is 5.10 Å². The third-order valence-electron chi connectivity index (χ3n) is 5.19. The fourth-order valence-electron chi connectivity index (χ4n) is 3.50. The molecule has 0 aliphatic rings. The van der Waals surface area contributed by atoms with E-state index in [9.17, 15) is 4.79 Å². The van der Waals surface area contributed by atoms with Gasteiger partial charge < -0.3 is 9.88 Å². The molecule has 4 rings (SSSR count). The first-order valence-electron chi connectivity index (χ1n) is 10.6. The van der Waals surface area contributed by atoms with E-state index in [1.165, 1.54) is 11.8 Å². The van der Waals surface area contributed by atoms with Crippen molar-refractivity contribution in [3.05, 3.63) is 84.2 Å². The van der Waals surface area contributed by atoms with E-state index in [1.807, 2.05) is 47.9 Å². The highest BCUT2D eigenvalue weighted by Gasteiger charge is 2.16. The van der Waals surface area contributed by atoms with Gasteiger partial charge in [-0.25, -0.2) is 4.68 Å². The van der Waals surface area contributed by atoms with Crippen LogP contribution < -0.4 is 5.32 Å².